The van der Waals surface area contributed by atoms with E-state index in [9.17, 15) is 4.79 Å². The summed E-state index contributed by atoms with van der Waals surface area (Å²) in [6.07, 6.45) is 8.64. The fraction of sp³-hybridized carbons (Fsp3) is 0.615. The smallest absolute Gasteiger partial charge is 0.184 e. The molecule has 0 radical (unpaired) electrons. The number of hydrogen-bond donors (Lipinski definition) is 0. The number of hydrogen-bond acceptors (Lipinski definition) is 3. The zero-order valence-electron chi connectivity index (χ0n) is 9.78. The van der Waals surface area contributed by atoms with Crippen LogP contribution in [0.25, 0.3) is 0 Å². The number of Topliss-reactive ketones (excluding diaryl/α,β-unsaturated/α-hetero) is 1. The maximum Gasteiger partial charge on any atom is 0.184 e. The molecular formula is C13H18N2O. The molecule has 1 aromatic rings. The van der Waals surface area contributed by atoms with E-state index >= 15 is 0 Å². The number of aromatic nitrogens is 2. The normalized spacial score (nSPS) is 18.1. The van der Waals surface area contributed by atoms with Gasteiger partial charge in [-0.05, 0) is 25.8 Å². The first-order valence-corrected chi connectivity index (χ1v) is 6.11. The van der Waals surface area contributed by atoms with Crippen molar-refractivity contribution in [3.8, 4) is 0 Å². The maximum atomic E-state index is 12.2. The van der Waals surface area contributed by atoms with Crippen molar-refractivity contribution in [3.05, 3.63) is 23.8 Å². The average molecular weight is 218 g/mol. The Morgan fingerprint density at radius 2 is 1.94 bits per heavy atom. The molecule has 1 saturated carbocycles. The van der Waals surface area contributed by atoms with E-state index in [2.05, 4.69) is 9.97 Å². The lowest BCUT2D eigenvalue weighted by Gasteiger charge is -2.11. The van der Waals surface area contributed by atoms with Gasteiger partial charge < -0.3 is 0 Å². The zero-order valence-corrected chi connectivity index (χ0v) is 9.78. The van der Waals surface area contributed by atoms with Crippen molar-refractivity contribution in [2.24, 2.45) is 5.92 Å². The van der Waals surface area contributed by atoms with Gasteiger partial charge in [-0.15, -0.1) is 0 Å². The lowest BCUT2D eigenvalue weighted by Crippen LogP contribution is -2.16. The maximum absolute atomic E-state index is 12.2. The topological polar surface area (TPSA) is 42.9 Å². The Morgan fingerprint density at radius 3 is 2.56 bits per heavy atom. The van der Waals surface area contributed by atoms with Crippen molar-refractivity contribution in [3.63, 3.8) is 0 Å². The van der Waals surface area contributed by atoms with Crippen LogP contribution in [-0.2, 0) is 0 Å². The first-order valence-electron chi connectivity index (χ1n) is 6.11. The average Bonchev–Trinajstić information content (AvgIpc) is 2.56. The van der Waals surface area contributed by atoms with Gasteiger partial charge in [0.15, 0.2) is 5.78 Å². The largest absolute Gasteiger partial charge is 0.292 e. The van der Waals surface area contributed by atoms with E-state index in [4.69, 9.17) is 0 Å². The monoisotopic (exact) mass is 218 g/mol. The molecule has 1 aliphatic rings. The van der Waals surface area contributed by atoms with Crippen LogP contribution in [-0.4, -0.2) is 15.8 Å². The van der Waals surface area contributed by atoms with Crippen molar-refractivity contribution in [2.75, 3.05) is 0 Å². The Labute approximate surface area is 96.3 Å². The van der Waals surface area contributed by atoms with Crippen molar-refractivity contribution in [1.29, 1.82) is 0 Å². The van der Waals surface area contributed by atoms with Gasteiger partial charge in [0.25, 0.3) is 0 Å². The van der Waals surface area contributed by atoms with E-state index in [1.807, 2.05) is 6.92 Å². The third kappa shape index (κ3) is 2.65. The molecule has 3 heteroatoms. The van der Waals surface area contributed by atoms with Crippen LogP contribution in [0.2, 0.25) is 0 Å². The van der Waals surface area contributed by atoms with Crippen LogP contribution in [0.3, 0.4) is 0 Å². The summed E-state index contributed by atoms with van der Waals surface area (Å²) < 4.78 is 0. The molecule has 0 saturated heterocycles. The van der Waals surface area contributed by atoms with Crippen LogP contribution < -0.4 is 0 Å². The van der Waals surface area contributed by atoms with Crippen molar-refractivity contribution in [2.45, 2.75) is 45.4 Å². The Kier molecular flexibility index (Phi) is 3.65. The lowest BCUT2D eigenvalue weighted by molar-refractivity contribution is 0.0902. The number of nitrogens with zero attached hydrogens (tertiary/aromatic N) is 2. The standard InChI is InChI=1S/C13H18N2O/c1-10-14-9-8-12(15-10)13(16)11-6-4-2-3-5-7-11/h8-9,11H,2-7H2,1H3. The molecule has 0 atom stereocenters. The van der Waals surface area contributed by atoms with E-state index in [0.717, 1.165) is 12.8 Å². The fourth-order valence-electron chi connectivity index (χ4n) is 2.34. The molecule has 0 N–H and O–H groups in total. The van der Waals surface area contributed by atoms with E-state index in [0.29, 0.717) is 11.5 Å². The second-order valence-corrected chi connectivity index (χ2v) is 4.54. The van der Waals surface area contributed by atoms with Gasteiger partial charge in [-0.25, -0.2) is 9.97 Å². The highest BCUT2D eigenvalue weighted by atomic mass is 16.1. The third-order valence-electron chi connectivity index (χ3n) is 3.25. The van der Waals surface area contributed by atoms with E-state index in [1.54, 1.807) is 12.3 Å². The van der Waals surface area contributed by atoms with Crippen LogP contribution in [0.15, 0.2) is 12.3 Å². The van der Waals surface area contributed by atoms with Crippen LogP contribution in [0.4, 0.5) is 0 Å². The molecule has 16 heavy (non-hydrogen) atoms. The molecule has 0 amide bonds. The summed E-state index contributed by atoms with van der Waals surface area (Å²) in [4.78, 5) is 20.5. The Morgan fingerprint density at radius 1 is 1.25 bits per heavy atom. The number of aryl methyl sites for hydroxylation is 1. The molecule has 0 aromatic carbocycles. The molecule has 0 unspecified atom stereocenters. The number of carbonyl (C=O) groups is 1. The molecular weight excluding hydrogens is 200 g/mol. The predicted octanol–water partition coefficient (Wildman–Crippen LogP) is 2.94. The van der Waals surface area contributed by atoms with Gasteiger partial charge in [0.1, 0.15) is 11.5 Å². The summed E-state index contributed by atoms with van der Waals surface area (Å²) in [5, 5.41) is 0. The quantitative estimate of drug-likeness (QED) is 0.566. The molecule has 1 aliphatic carbocycles. The summed E-state index contributed by atoms with van der Waals surface area (Å²) >= 11 is 0. The Bertz CT molecular complexity index is 368. The summed E-state index contributed by atoms with van der Waals surface area (Å²) in [5.41, 5.74) is 0.597. The summed E-state index contributed by atoms with van der Waals surface area (Å²) in [5.74, 6) is 1.09. The number of carbonyl (C=O) groups excluding carboxylic acids is 1. The molecule has 0 aliphatic heterocycles. The molecule has 0 spiro atoms. The fourth-order valence-corrected chi connectivity index (χ4v) is 2.34. The lowest BCUT2D eigenvalue weighted by atomic mass is 9.93. The highest BCUT2D eigenvalue weighted by Crippen LogP contribution is 2.25. The summed E-state index contributed by atoms with van der Waals surface area (Å²) in [7, 11) is 0. The van der Waals surface area contributed by atoms with Gasteiger partial charge in [0.05, 0.1) is 0 Å². The predicted molar refractivity (Wildman–Crippen MR) is 62.3 cm³/mol. The minimum atomic E-state index is 0.191. The van der Waals surface area contributed by atoms with Crippen LogP contribution in [0.5, 0.6) is 0 Å². The SMILES string of the molecule is Cc1nccc(C(=O)C2CCCCCC2)n1. The van der Waals surface area contributed by atoms with Crippen molar-refractivity contribution >= 4 is 5.78 Å². The molecule has 1 heterocycles. The summed E-state index contributed by atoms with van der Waals surface area (Å²) in [6, 6.07) is 1.74. The third-order valence-corrected chi connectivity index (χ3v) is 3.25. The second kappa shape index (κ2) is 5.19. The highest BCUT2D eigenvalue weighted by Gasteiger charge is 2.22. The van der Waals surface area contributed by atoms with Gasteiger partial charge in [0.2, 0.25) is 0 Å². The van der Waals surface area contributed by atoms with Gasteiger partial charge in [-0.3, -0.25) is 4.79 Å². The summed E-state index contributed by atoms with van der Waals surface area (Å²) in [6.45, 7) is 1.82. The Balaban J connectivity index is 2.11. The minimum Gasteiger partial charge on any atom is -0.292 e. The molecule has 1 aromatic heterocycles. The van der Waals surface area contributed by atoms with Crippen LogP contribution in [0.1, 0.15) is 54.8 Å². The molecule has 1 fully saturated rings. The first kappa shape index (κ1) is 11.2. The minimum absolute atomic E-state index is 0.191. The van der Waals surface area contributed by atoms with Gasteiger partial charge in [-0.1, -0.05) is 25.7 Å². The van der Waals surface area contributed by atoms with E-state index in [1.165, 1.54) is 25.7 Å². The van der Waals surface area contributed by atoms with Gasteiger partial charge in [0, 0.05) is 12.1 Å². The van der Waals surface area contributed by atoms with Crippen LogP contribution >= 0.6 is 0 Å². The second-order valence-electron chi connectivity index (χ2n) is 4.54. The highest BCUT2D eigenvalue weighted by molar-refractivity contribution is 5.96. The van der Waals surface area contributed by atoms with Crippen molar-refractivity contribution in [1.82, 2.24) is 9.97 Å². The molecule has 0 bridgehead atoms. The zero-order chi connectivity index (χ0) is 11.4. The van der Waals surface area contributed by atoms with Crippen molar-refractivity contribution < 1.29 is 4.79 Å². The van der Waals surface area contributed by atoms with Crippen LogP contribution in [0, 0.1) is 12.8 Å². The molecule has 86 valence electrons. The van der Waals surface area contributed by atoms with Gasteiger partial charge in [-0.2, -0.15) is 0 Å². The Hall–Kier alpha value is -1.25. The van der Waals surface area contributed by atoms with E-state index in [-0.39, 0.29) is 11.7 Å². The number of rotatable bonds is 2. The van der Waals surface area contributed by atoms with Gasteiger partial charge >= 0.3 is 0 Å². The van der Waals surface area contributed by atoms with E-state index < -0.39 is 0 Å². The first-order chi connectivity index (χ1) is 7.77. The molecule has 3 nitrogen and oxygen atoms in total. The molecule has 2 rings (SSSR count). The number of ketones is 1.